The Hall–Kier alpha value is -0.570. The second-order valence-corrected chi connectivity index (χ2v) is 5.56. The first-order chi connectivity index (χ1) is 7.47. The molecule has 0 radical (unpaired) electrons. The van der Waals surface area contributed by atoms with E-state index in [1.165, 1.54) is 12.8 Å². The molecule has 0 saturated heterocycles. The number of carbonyl (C=O) groups excluding carboxylic acids is 1. The Labute approximate surface area is 98.6 Å². The standard InChI is InChI=1S/C13H25NO2/c1-4-13(2,3)12(16)14-9-11(15)10-7-5-6-8-10/h10-11,15H,4-9H2,1-3H3,(H,14,16). The molecular formula is C13H25NO2. The molecular weight excluding hydrogens is 202 g/mol. The normalized spacial score (nSPS) is 19.8. The minimum Gasteiger partial charge on any atom is -0.391 e. The van der Waals surface area contributed by atoms with Gasteiger partial charge in [0.15, 0.2) is 0 Å². The number of aliphatic hydroxyl groups is 1. The van der Waals surface area contributed by atoms with Gasteiger partial charge in [0.25, 0.3) is 0 Å². The van der Waals surface area contributed by atoms with Gasteiger partial charge in [-0.1, -0.05) is 33.6 Å². The van der Waals surface area contributed by atoms with Crippen LogP contribution in [0.2, 0.25) is 0 Å². The Bertz CT molecular complexity index is 232. The Morgan fingerprint density at radius 3 is 2.50 bits per heavy atom. The lowest BCUT2D eigenvalue weighted by Crippen LogP contribution is -2.42. The molecule has 1 fully saturated rings. The predicted molar refractivity (Wildman–Crippen MR) is 65.0 cm³/mol. The van der Waals surface area contributed by atoms with Crippen LogP contribution in [0.25, 0.3) is 0 Å². The van der Waals surface area contributed by atoms with Crippen molar-refractivity contribution in [2.24, 2.45) is 11.3 Å². The lowest BCUT2D eigenvalue weighted by atomic mass is 9.89. The van der Waals surface area contributed by atoms with Gasteiger partial charge in [-0.05, 0) is 25.2 Å². The highest BCUT2D eigenvalue weighted by molar-refractivity contribution is 5.81. The molecule has 1 atom stereocenters. The molecule has 0 aromatic rings. The van der Waals surface area contributed by atoms with Crippen molar-refractivity contribution < 1.29 is 9.90 Å². The molecule has 0 bridgehead atoms. The van der Waals surface area contributed by atoms with Crippen LogP contribution in [-0.4, -0.2) is 23.7 Å². The summed E-state index contributed by atoms with van der Waals surface area (Å²) in [4.78, 5) is 11.8. The van der Waals surface area contributed by atoms with Gasteiger partial charge >= 0.3 is 0 Å². The zero-order chi connectivity index (χ0) is 12.2. The van der Waals surface area contributed by atoms with Crippen molar-refractivity contribution in [2.75, 3.05) is 6.54 Å². The van der Waals surface area contributed by atoms with E-state index >= 15 is 0 Å². The minimum absolute atomic E-state index is 0.0482. The van der Waals surface area contributed by atoms with Gasteiger partial charge in [-0.25, -0.2) is 0 Å². The molecule has 1 rings (SSSR count). The number of nitrogens with one attached hydrogen (secondary N) is 1. The molecule has 1 unspecified atom stereocenters. The molecule has 94 valence electrons. The zero-order valence-electron chi connectivity index (χ0n) is 10.8. The maximum absolute atomic E-state index is 11.8. The molecule has 1 saturated carbocycles. The van der Waals surface area contributed by atoms with Crippen LogP contribution in [0.5, 0.6) is 0 Å². The third-order valence-electron chi connectivity index (χ3n) is 3.91. The van der Waals surface area contributed by atoms with Gasteiger partial charge in [0.05, 0.1) is 6.10 Å². The van der Waals surface area contributed by atoms with Gasteiger partial charge in [-0.3, -0.25) is 4.79 Å². The van der Waals surface area contributed by atoms with Crippen LogP contribution in [-0.2, 0) is 4.79 Å². The summed E-state index contributed by atoms with van der Waals surface area (Å²) in [7, 11) is 0. The first-order valence-corrected chi connectivity index (χ1v) is 6.43. The van der Waals surface area contributed by atoms with Crippen LogP contribution in [0.4, 0.5) is 0 Å². The number of hydrogen-bond acceptors (Lipinski definition) is 2. The van der Waals surface area contributed by atoms with E-state index in [-0.39, 0.29) is 17.4 Å². The van der Waals surface area contributed by atoms with Crippen LogP contribution < -0.4 is 5.32 Å². The average molecular weight is 227 g/mol. The molecule has 0 heterocycles. The molecule has 1 aliphatic carbocycles. The summed E-state index contributed by atoms with van der Waals surface area (Å²) in [6, 6.07) is 0. The number of carbonyl (C=O) groups is 1. The number of aliphatic hydroxyl groups excluding tert-OH is 1. The van der Waals surface area contributed by atoms with Crippen molar-refractivity contribution in [1.82, 2.24) is 5.32 Å². The molecule has 2 N–H and O–H groups in total. The van der Waals surface area contributed by atoms with Crippen molar-refractivity contribution in [2.45, 2.75) is 59.0 Å². The second kappa shape index (κ2) is 5.67. The summed E-state index contributed by atoms with van der Waals surface area (Å²) in [6.07, 6.45) is 5.10. The highest BCUT2D eigenvalue weighted by atomic mass is 16.3. The van der Waals surface area contributed by atoms with Gasteiger partial charge in [0.1, 0.15) is 0 Å². The monoisotopic (exact) mass is 227 g/mol. The summed E-state index contributed by atoms with van der Waals surface area (Å²) in [5.41, 5.74) is -0.324. The second-order valence-electron chi connectivity index (χ2n) is 5.56. The van der Waals surface area contributed by atoms with Gasteiger partial charge < -0.3 is 10.4 Å². The SMILES string of the molecule is CCC(C)(C)C(=O)NCC(O)C1CCCC1. The summed E-state index contributed by atoms with van der Waals surface area (Å²) >= 11 is 0. The van der Waals surface area contributed by atoms with E-state index in [1.54, 1.807) is 0 Å². The third-order valence-corrected chi connectivity index (χ3v) is 3.91. The highest BCUT2D eigenvalue weighted by Gasteiger charge is 2.27. The van der Waals surface area contributed by atoms with Crippen molar-refractivity contribution in [3.63, 3.8) is 0 Å². The van der Waals surface area contributed by atoms with E-state index in [4.69, 9.17) is 0 Å². The summed E-state index contributed by atoms with van der Waals surface area (Å²) in [5, 5.41) is 12.8. The molecule has 0 aromatic carbocycles. The molecule has 0 aliphatic heterocycles. The Balaban J connectivity index is 2.30. The van der Waals surface area contributed by atoms with Crippen molar-refractivity contribution >= 4 is 5.91 Å². The fraction of sp³-hybridized carbons (Fsp3) is 0.923. The predicted octanol–water partition coefficient (Wildman–Crippen LogP) is 2.09. The minimum atomic E-state index is -0.362. The van der Waals surface area contributed by atoms with E-state index in [9.17, 15) is 9.90 Å². The molecule has 1 aliphatic rings. The van der Waals surface area contributed by atoms with E-state index in [2.05, 4.69) is 5.32 Å². The van der Waals surface area contributed by atoms with Crippen molar-refractivity contribution in [3.05, 3.63) is 0 Å². The summed E-state index contributed by atoms with van der Waals surface area (Å²) < 4.78 is 0. The highest BCUT2D eigenvalue weighted by Crippen LogP contribution is 2.27. The smallest absolute Gasteiger partial charge is 0.225 e. The van der Waals surface area contributed by atoms with Crippen LogP contribution in [0.3, 0.4) is 0 Å². The van der Waals surface area contributed by atoms with Crippen molar-refractivity contribution in [3.8, 4) is 0 Å². The van der Waals surface area contributed by atoms with Crippen LogP contribution in [0, 0.1) is 11.3 Å². The maximum atomic E-state index is 11.8. The Morgan fingerprint density at radius 1 is 1.44 bits per heavy atom. The lowest BCUT2D eigenvalue weighted by Gasteiger charge is -2.24. The largest absolute Gasteiger partial charge is 0.391 e. The first kappa shape index (κ1) is 13.5. The van der Waals surface area contributed by atoms with Gasteiger partial charge in [-0.2, -0.15) is 0 Å². The molecule has 3 heteroatoms. The third kappa shape index (κ3) is 3.48. The van der Waals surface area contributed by atoms with E-state index in [0.29, 0.717) is 12.5 Å². The number of rotatable bonds is 5. The maximum Gasteiger partial charge on any atom is 0.225 e. The number of amides is 1. The number of hydrogen-bond donors (Lipinski definition) is 2. The summed E-state index contributed by atoms with van der Waals surface area (Å²) in [5.74, 6) is 0.442. The molecule has 0 aromatic heterocycles. The Kier molecular flexibility index (Phi) is 4.78. The quantitative estimate of drug-likeness (QED) is 0.755. The average Bonchev–Trinajstić information content (AvgIpc) is 2.78. The van der Waals surface area contributed by atoms with Gasteiger partial charge in [-0.15, -0.1) is 0 Å². The van der Waals surface area contributed by atoms with Crippen LogP contribution >= 0.6 is 0 Å². The molecule has 3 nitrogen and oxygen atoms in total. The fourth-order valence-corrected chi connectivity index (χ4v) is 2.11. The van der Waals surface area contributed by atoms with E-state index in [1.807, 2.05) is 20.8 Å². The van der Waals surface area contributed by atoms with E-state index in [0.717, 1.165) is 19.3 Å². The molecule has 0 spiro atoms. The van der Waals surface area contributed by atoms with Gasteiger partial charge in [0, 0.05) is 12.0 Å². The zero-order valence-corrected chi connectivity index (χ0v) is 10.8. The fourth-order valence-electron chi connectivity index (χ4n) is 2.11. The van der Waals surface area contributed by atoms with Crippen molar-refractivity contribution in [1.29, 1.82) is 0 Å². The first-order valence-electron chi connectivity index (χ1n) is 6.43. The lowest BCUT2D eigenvalue weighted by molar-refractivity contribution is -0.130. The molecule has 1 amide bonds. The summed E-state index contributed by atoms with van der Waals surface area (Å²) in [6.45, 7) is 6.29. The Morgan fingerprint density at radius 2 is 2.00 bits per heavy atom. The van der Waals surface area contributed by atoms with Gasteiger partial charge in [0.2, 0.25) is 5.91 Å². The molecule has 16 heavy (non-hydrogen) atoms. The van der Waals surface area contributed by atoms with Crippen LogP contribution in [0.15, 0.2) is 0 Å². The topological polar surface area (TPSA) is 49.3 Å². The van der Waals surface area contributed by atoms with Crippen LogP contribution in [0.1, 0.15) is 52.9 Å². The van der Waals surface area contributed by atoms with E-state index < -0.39 is 0 Å².